The van der Waals surface area contributed by atoms with Crippen LogP contribution in [0.1, 0.15) is 0 Å². The van der Waals surface area contributed by atoms with Gasteiger partial charge < -0.3 is 0 Å². The van der Waals surface area contributed by atoms with Gasteiger partial charge in [0.15, 0.2) is 0 Å². The molecule has 0 aromatic carbocycles. The Kier molecular flexibility index (Phi) is 3.49. The van der Waals surface area contributed by atoms with Crippen LogP contribution in [-0.2, 0) is 24.3 Å². The first kappa shape index (κ1) is 10.9. The molecule has 0 saturated heterocycles. The van der Waals surface area contributed by atoms with Gasteiger partial charge in [0.25, 0.3) is 10.1 Å². The van der Waals surface area contributed by atoms with E-state index in [0.717, 1.165) is 7.11 Å². The van der Waals surface area contributed by atoms with Crippen LogP contribution < -0.4 is 0 Å². The molecule has 0 amide bonds. The van der Waals surface area contributed by atoms with Crippen molar-refractivity contribution in [2.24, 2.45) is 0 Å². The first-order valence-electron chi connectivity index (χ1n) is 2.36. The van der Waals surface area contributed by atoms with E-state index in [1.54, 1.807) is 0 Å². The molecule has 9 heteroatoms. The Morgan fingerprint density at radius 2 is 1.82 bits per heavy atom. The number of hydrogen-bond donors (Lipinski definition) is 1. The van der Waals surface area contributed by atoms with Crippen LogP contribution in [0.15, 0.2) is 0 Å². The van der Waals surface area contributed by atoms with E-state index in [4.69, 9.17) is 4.55 Å². The zero-order valence-corrected chi connectivity index (χ0v) is 7.22. The van der Waals surface area contributed by atoms with Gasteiger partial charge in [0.1, 0.15) is 0 Å². The van der Waals surface area contributed by atoms with E-state index in [9.17, 15) is 16.8 Å². The molecule has 0 fully saturated rings. The standard InChI is InChI=1S/C2H6BO6S2/c1-9-10(4,5)2-3-11(6,7)8/h2H2,1H3,(H,6,7,8). The molecule has 65 valence electrons. The van der Waals surface area contributed by atoms with Gasteiger partial charge in [-0.05, 0) is 0 Å². The van der Waals surface area contributed by atoms with Crippen molar-refractivity contribution in [1.82, 2.24) is 0 Å². The molecule has 1 radical (unpaired) electrons. The van der Waals surface area contributed by atoms with Crippen molar-refractivity contribution in [1.29, 1.82) is 0 Å². The third-order valence-electron chi connectivity index (χ3n) is 0.737. The van der Waals surface area contributed by atoms with Gasteiger partial charge in [-0.3, -0.25) is 8.74 Å². The molecule has 0 aliphatic rings. The van der Waals surface area contributed by atoms with Gasteiger partial charge in [-0.25, -0.2) is 16.8 Å². The quantitative estimate of drug-likeness (QED) is 0.335. The molecule has 0 rings (SSSR count). The van der Waals surface area contributed by atoms with E-state index in [2.05, 4.69) is 4.18 Å². The van der Waals surface area contributed by atoms with Crippen molar-refractivity contribution in [3.05, 3.63) is 0 Å². The fourth-order valence-corrected chi connectivity index (χ4v) is 1.73. The van der Waals surface area contributed by atoms with Crippen LogP contribution in [0, 0.1) is 0 Å². The van der Waals surface area contributed by atoms with Gasteiger partial charge in [0, 0.05) is 0 Å². The van der Waals surface area contributed by atoms with Crippen LogP contribution in [0.4, 0.5) is 0 Å². The van der Waals surface area contributed by atoms with Crippen molar-refractivity contribution in [2.45, 2.75) is 0 Å². The molecular formula is C2H6BO6S2. The molecule has 0 bridgehead atoms. The van der Waals surface area contributed by atoms with Crippen LogP contribution >= 0.6 is 0 Å². The van der Waals surface area contributed by atoms with Crippen molar-refractivity contribution in [3.63, 3.8) is 0 Å². The topological polar surface area (TPSA) is 97.7 Å². The Bertz CT molecular complexity index is 299. The molecule has 0 unspecified atom stereocenters. The third kappa shape index (κ3) is 6.29. The normalized spacial score (nSPS) is 12.9. The Hall–Kier alpha value is -0.115. The minimum Gasteiger partial charge on any atom is -0.295 e. The highest BCUT2D eigenvalue weighted by Crippen LogP contribution is 1.90. The minimum atomic E-state index is -4.35. The first-order valence-corrected chi connectivity index (χ1v) is 5.44. The molecule has 0 aliphatic carbocycles. The van der Waals surface area contributed by atoms with E-state index in [1.165, 1.54) is 0 Å². The predicted octanol–water partition coefficient (Wildman–Crippen LogP) is -1.57. The second-order valence-corrected chi connectivity index (χ2v) is 4.72. The zero-order valence-electron chi connectivity index (χ0n) is 5.59. The van der Waals surface area contributed by atoms with Crippen molar-refractivity contribution in [3.8, 4) is 0 Å². The summed E-state index contributed by atoms with van der Waals surface area (Å²) in [6, 6.07) is 0. The summed E-state index contributed by atoms with van der Waals surface area (Å²) in [5.74, 6) is 0. The van der Waals surface area contributed by atoms with E-state index >= 15 is 0 Å². The van der Waals surface area contributed by atoms with Crippen LogP contribution in [0.5, 0.6) is 0 Å². The number of hydrogen-bond acceptors (Lipinski definition) is 5. The van der Waals surface area contributed by atoms with Crippen LogP contribution in [0.2, 0.25) is 0 Å². The molecule has 0 atom stereocenters. The fourth-order valence-electron chi connectivity index (χ4n) is 0.237. The molecule has 0 spiro atoms. The smallest absolute Gasteiger partial charge is 0.295 e. The number of rotatable bonds is 4. The summed E-state index contributed by atoms with van der Waals surface area (Å²) in [7, 11) is -7.30. The van der Waals surface area contributed by atoms with Gasteiger partial charge in [-0.2, -0.15) is 0 Å². The summed E-state index contributed by atoms with van der Waals surface area (Å²) in [4.78, 5) is 0. The lowest BCUT2D eigenvalue weighted by Gasteiger charge is -1.96. The molecule has 0 heterocycles. The first-order chi connectivity index (χ1) is 4.77. The lowest BCUT2D eigenvalue weighted by Crippen LogP contribution is -2.20. The third-order valence-corrected chi connectivity index (χ3v) is 2.62. The largest absolute Gasteiger partial charge is 0.335 e. The SMILES string of the molecule is COS(=O)(=O)C[B]S(=O)(=O)O. The Labute approximate surface area is 65.6 Å². The van der Waals surface area contributed by atoms with Gasteiger partial charge in [-0.15, -0.1) is 0 Å². The average molecular weight is 201 g/mol. The van der Waals surface area contributed by atoms with Gasteiger partial charge in [0.05, 0.1) is 12.8 Å². The molecule has 1 N–H and O–H groups in total. The predicted molar refractivity (Wildman–Crippen MR) is 38.1 cm³/mol. The van der Waals surface area contributed by atoms with Crippen molar-refractivity contribution >= 4 is 26.6 Å². The Morgan fingerprint density at radius 3 is 2.09 bits per heavy atom. The summed E-state index contributed by atoms with van der Waals surface area (Å²) in [5, 5.41) is 0. The van der Waals surface area contributed by atoms with E-state index in [0.29, 0.717) is 0 Å². The van der Waals surface area contributed by atoms with Gasteiger partial charge in [-0.1, -0.05) is 0 Å². The maximum Gasteiger partial charge on any atom is 0.335 e. The fraction of sp³-hybridized carbons (Fsp3) is 1.00. The van der Waals surface area contributed by atoms with E-state index in [-0.39, 0.29) is 6.56 Å². The maximum atomic E-state index is 10.4. The maximum absolute atomic E-state index is 10.4. The molecule has 0 aromatic rings. The van der Waals surface area contributed by atoms with E-state index < -0.39 is 25.7 Å². The van der Waals surface area contributed by atoms with Crippen LogP contribution in [-0.4, -0.2) is 40.7 Å². The molecule has 0 saturated carbocycles. The minimum absolute atomic E-state index is 0.242. The van der Waals surface area contributed by atoms with Crippen LogP contribution in [0.3, 0.4) is 0 Å². The summed E-state index contributed by atoms with van der Waals surface area (Å²) < 4.78 is 52.8. The molecular weight excluding hydrogens is 195 g/mol. The average Bonchev–Trinajstić information content (AvgIpc) is 1.83. The van der Waals surface area contributed by atoms with E-state index in [1.807, 2.05) is 0 Å². The highest BCUT2D eigenvalue weighted by Gasteiger charge is 2.17. The van der Waals surface area contributed by atoms with Crippen LogP contribution in [0.25, 0.3) is 0 Å². The molecule has 0 aliphatic heterocycles. The zero-order chi connectivity index (χ0) is 9.12. The highest BCUT2D eigenvalue weighted by molar-refractivity contribution is 8.12. The second-order valence-electron chi connectivity index (χ2n) is 1.57. The van der Waals surface area contributed by atoms with Crippen molar-refractivity contribution in [2.75, 3.05) is 12.8 Å². The highest BCUT2D eigenvalue weighted by atomic mass is 32.2. The monoisotopic (exact) mass is 201 g/mol. The summed E-state index contributed by atoms with van der Waals surface area (Å²) in [5.41, 5.74) is -0.859. The molecule has 11 heavy (non-hydrogen) atoms. The van der Waals surface area contributed by atoms with Crippen molar-refractivity contribution < 1.29 is 25.6 Å². The Morgan fingerprint density at radius 1 is 1.36 bits per heavy atom. The summed E-state index contributed by atoms with van der Waals surface area (Å²) in [6.07, 6.45) is 0. The summed E-state index contributed by atoms with van der Waals surface area (Å²) >= 11 is 0. The Balaban J connectivity index is 4.13. The lowest BCUT2D eigenvalue weighted by molar-refractivity contribution is 0.401. The van der Waals surface area contributed by atoms with Gasteiger partial charge >= 0.3 is 6.56 Å². The second kappa shape index (κ2) is 3.52. The molecule has 0 aromatic heterocycles. The molecule has 6 nitrogen and oxygen atoms in total. The van der Waals surface area contributed by atoms with Gasteiger partial charge in [0.2, 0.25) is 9.97 Å². The lowest BCUT2D eigenvalue weighted by atomic mass is 10.2. The summed E-state index contributed by atoms with van der Waals surface area (Å²) in [6.45, 7) is 0.242.